The summed E-state index contributed by atoms with van der Waals surface area (Å²) in [6.07, 6.45) is 2.13. The summed E-state index contributed by atoms with van der Waals surface area (Å²) in [7, 11) is 0. The number of hydrogen-bond donors (Lipinski definition) is 2. The number of halogens is 1. The van der Waals surface area contributed by atoms with Crippen molar-refractivity contribution in [1.29, 1.82) is 0 Å². The number of hydrogen-bond acceptors (Lipinski definition) is 2. The Bertz CT molecular complexity index is 976. The first-order valence-electron chi connectivity index (χ1n) is 9.66. The number of nitrogens with one attached hydrogen (secondary N) is 2. The smallest absolute Gasteiger partial charge is 0.287 e. The van der Waals surface area contributed by atoms with Crippen molar-refractivity contribution in [2.45, 2.75) is 39.0 Å². The first kappa shape index (κ1) is 18.8. The Kier molecular flexibility index (Phi) is 5.29. The molecule has 0 fully saturated rings. The van der Waals surface area contributed by atoms with E-state index in [-0.39, 0.29) is 18.0 Å². The average molecular weight is 399 g/mol. The number of rotatable bonds is 5. The standard InChI is InChI=1S/C22H24ClN3O2/c1-15(2)24-22(27)20-9-8-18(28-20)14-26-12-11-25-10-4-7-19(25)21(26)16-5-3-6-17(23)13-16/h3-10,13,15,21H,11-12,14H2,1-2H3,(H,24,27)/p+1/t21-/m0/s1. The molecule has 1 aromatic carbocycles. The fraction of sp³-hybridized carbons (Fsp3) is 0.318. The van der Waals surface area contributed by atoms with Gasteiger partial charge in [-0.1, -0.05) is 23.7 Å². The number of quaternary nitrogens is 1. The molecule has 2 N–H and O–H groups in total. The van der Waals surface area contributed by atoms with E-state index in [4.69, 9.17) is 16.0 Å². The summed E-state index contributed by atoms with van der Waals surface area (Å²) >= 11 is 6.27. The predicted octanol–water partition coefficient (Wildman–Crippen LogP) is 3.06. The van der Waals surface area contributed by atoms with E-state index in [0.717, 1.165) is 23.9 Å². The van der Waals surface area contributed by atoms with E-state index in [1.807, 2.05) is 38.1 Å². The minimum atomic E-state index is -0.171. The third-order valence-electron chi connectivity index (χ3n) is 5.13. The van der Waals surface area contributed by atoms with Gasteiger partial charge in [0.05, 0.1) is 18.8 Å². The molecule has 0 saturated heterocycles. The van der Waals surface area contributed by atoms with Crippen molar-refractivity contribution in [3.05, 3.63) is 82.5 Å². The zero-order chi connectivity index (χ0) is 19.7. The van der Waals surface area contributed by atoms with Gasteiger partial charge >= 0.3 is 0 Å². The van der Waals surface area contributed by atoms with Crippen LogP contribution in [-0.4, -0.2) is 23.1 Å². The summed E-state index contributed by atoms with van der Waals surface area (Å²) in [5.74, 6) is 1.01. The number of carbonyl (C=O) groups is 1. The van der Waals surface area contributed by atoms with Crippen LogP contribution in [0.15, 0.2) is 59.1 Å². The number of furan rings is 1. The molecule has 146 valence electrons. The van der Waals surface area contributed by atoms with Crippen LogP contribution < -0.4 is 10.2 Å². The van der Waals surface area contributed by atoms with Crippen LogP contribution in [0.1, 0.15) is 47.5 Å². The number of nitrogens with zero attached hydrogens (tertiary/aromatic N) is 1. The molecule has 3 aromatic rings. The molecule has 1 unspecified atom stereocenters. The molecule has 2 atom stereocenters. The lowest BCUT2D eigenvalue weighted by Gasteiger charge is -2.33. The summed E-state index contributed by atoms with van der Waals surface area (Å²) in [4.78, 5) is 13.6. The lowest BCUT2D eigenvalue weighted by molar-refractivity contribution is -0.944. The van der Waals surface area contributed by atoms with Gasteiger partial charge in [0.2, 0.25) is 0 Å². The third kappa shape index (κ3) is 3.86. The second kappa shape index (κ2) is 7.86. The monoisotopic (exact) mass is 398 g/mol. The second-order valence-corrected chi connectivity index (χ2v) is 8.03. The van der Waals surface area contributed by atoms with Crippen LogP contribution in [0.5, 0.6) is 0 Å². The largest absolute Gasteiger partial charge is 0.450 e. The normalized spacial score (nSPS) is 18.9. The highest BCUT2D eigenvalue weighted by molar-refractivity contribution is 6.30. The van der Waals surface area contributed by atoms with E-state index in [1.54, 1.807) is 6.07 Å². The number of amides is 1. The molecule has 5 nitrogen and oxygen atoms in total. The molecule has 0 aliphatic carbocycles. The lowest BCUT2D eigenvalue weighted by atomic mass is 10.00. The summed E-state index contributed by atoms with van der Waals surface area (Å²) < 4.78 is 8.16. The molecule has 1 amide bonds. The fourth-order valence-electron chi connectivity index (χ4n) is 3.95. The highest BCUT2D eigenvalue weighted by atomic mass is 35.5. The minimum Gasteiger partial charge on any atom is -0.450 e. The maximum atomic E-state index is 12.2. The quantitative estimate of drug-likeness (QED) is 0.694. The minimum absolute atomic E-state index is 0.0776. The van der Waals surface area contributed by atoms with Gasteiger partial charge in [0.25, 0.3) is 5.91 Å². The Balaban J connectivity index is 1.60. The molecule has 0 spiro atoms. The molecule has 4 rings (SSSR count). The molecule has 0 bridgehead atoms. The summed E-state index contributed by atoms with van der Waals surface area (Å²) in [5, 5.41) is 3.61. The van der Waals surface area contributed by atoms with Gasteiger partial charge in [-0.05, 0) is 50.2 Å². The van der Waals surface area contributed by atoms with Gasteiger partial charge in [0, 0.05) is 22.8 Å². The van der Waals surface area contributed by atoms with E-state index in [0.29, 0.717) is 12.3 Å². The number of benzene rings is 1. The topological polar surface area (TPSA) is 51.6 Å². The highest BCUT2D eigenvalue weighted by Crippen LogP contribution is 2.25. The van der Waals surface area contributed by atoms with Crippen LogP contribution in [0, 0.1) is 0 Å². The van der Waals surface area contributed by atoms with Gasteiger partial charge in [-0.2, -0.15) is 0 Å². The van der Waals surface area contributed by atoms with Crippen LogP contribution in [-0.2, 0) is 13.1 Å². The summed E-state index contributed by atoms with van der Waals surface area (Å²) in [6.45, 7) is 6.50. The fourth-order valence-corrected chi connectivity index (χ4v) is 4.14. The zero-order valence-electron chi connectivity index (χ0n) is 16.1. The summed E-state index contributed by atoms with van der Waals surface area (Å²) in [5.41, 5.74) is 2.46. The Morgan fingerprint density at radius 3 is 2.93 bits per heavy atom. The van der Waals surface area contributed by atoms with Crippen molar-refractivity contribution in [3.63, 3.8) is 0 Å². The van der Waals surface area contributed by atoms with Crippen molar-refractivity contribution in [2.75, 3.05) is 6.54 Å². The van der Waals surface area contributed by atoms with Gasteiger partial charge in [0.15, 0.2) is 17.6 Å². The van der Waals surface area contributed by atoms with Crippen molar-refractivity contribution < 1.29 is 14.1 Å². The van der Waals surface area contributed by atoms with E-state index in [1.165, 1.54) is 16.2 Å². The molecular formula is C22H25ClN3O2+. The van der Waals surface area contributed by atoms with Gasteiger partial charge in [-0.3, -0.25) is 4.79 Å². The Morgan fingerprint density at radius 2 is 2.14 bits per heavy atom. The SMILES string of the molecule is CC(C)NC(=O)c1ccc(C[NH+]2CCn3cccc3[C@@H]2c2cccc(Cl)c2)o1. The third-order valence-corrected chi connectivity index (χ3v) is 5.37. The zero-order valence-corrected chi connectivity index (χ0v) is 16.9. The van der Waals surface area contributed by atoms with Crippen molar-refractivity contribution in [3.8, 4) is 0 Å². The Hall–Kier alpha value is -2.50. The molecule has 1 aliphatic rings. The van der Waals surface area contributed by atoms with Gasteiger partial charge in [0.1, 0.15) is 6.54 Å². The molecule has 6 heteroatoms. The van der Waals surface area contributed by atoms with Crippen molar-refractivity contribution >= 4 is 17.5 Å². The highest BCUT2D eigenvalue weighted by Gasteiger charge is 2.33. The Labute approximate surface area is 169 Å². The average Bonchev–Trinajstić information content (AvgIpc) is 3.30. The van der Waals surface area contributed by atoms with E-state index in [9.17, 15) is 4.79 Å². The molecule has 3 heterocycles. The van der Waals surface area contributed by atoms with Crippen LogP contribution in [0.3, 0.4) is 0 Å². The molecular weight excluding hydrogens is 374 g/mol. The van der Waals surface area contributed by atoms with Crippen LogP contribution in [0.25, 0.3) is 0 Å². The maximum absolute atomic E-state index is 12.2. The van der Waals surface area contributed by atoms with Gasteiger partial charge in [-0.25, -0.2) is 0 Å². The molecule has 1 aliphatic heterocycles. The van der Waals surface area contributed by atoms with Gasteiger partial charge in [-0.15, -0.1) is 0 Å². The first-order valence-corrected chi connectivity index (χ1v) is 10.0. The lowest BCUT2D eigenvalue weighted by Crippen LogP contribution is -3.12. The first-order chi connectivity index (χ1) is 13.5. The van der Waals surface area contributed by atoms with Gasteiger partial charge < -0.3 is 19.2 Å². The molecule has 28 heavy (non-hydrogen) atoms. The maximum Gasteiger partial charge on any atom is 0.287 e. The van der Waals surface area contributed by atoms with E-state index >= 15 is 0 Å². The molecule has 2 aromatic heterocycles. The summed E-state index contributed by atoms with van der Waals surface area (Å²) in [6, 6.07) is 16.2. The number of aromatic nitrogens is 1. The van der Waals surface area contributed by atoms with Crippen LogP contribution in [0.4, 0.5) is 0 Å². The second-order valence-electron chi connectivity index (χ2n) is 7.59. The Morgan fingerprint density at radius 1 is 1.29 bits per heavy atom. The van der Waals surface area contributed by atoms with Crippen molar-refractivity contribution in [2.24, 2.45) is 0 Å². The van der Waals surface area contributed by atoms with Crippen LogP contribution in [0.2, 0.25) is 5.02 Å². The van der Waals surface area contributed by atoms with Crippen molar-refractivity contribution in [1.82, 2.24) is 9.88 Å². The number of carbonyl (C=O) groups excluding carboxylic acids is 1. The van der Waals surface area contributed by atoms with E-state index < -0.39 is 0 Å². The number of fused-ring (bicyclic) bond motifs is 1. The van der Waals surface area contributed by atoms with E-state index in [2.05, 4.69) is 34.3 Å². The molecule has 0 radical (unpaired) electrons. The predicted molar refractivity (Wildman–Crippen MR) is 109 cm³/mol. The van der Waals surface area contributed by atoms with Crippen LogP contribution >= 0.6 is 11.6 Å². The molecule has 0 saturated carbocycles.